The van der Waals surface area contributed by atoms with E-state index in [1.807, 2.05) is 27.7 Å². The number of aliphatic carboxylic acids is 1. The van der Waals surface area contributed by atoms with Crippen molar-refractivity contribution >= 4 is 12.0 Å². The quantitative estimate of drug-likeness (QED) is 0.827. The van der Waals surface area contributed by atoms with Crippen LogP contribution in [0.15, 0.2) is 0 Å². The van der Waals surface area contributed by atoms with E-state index in [0.29, 0.717) is 13.1 Å². The van der Waals surface area contributed by atoms with E-state index in [1.54, 1.807) is 18.7 Å². The van der Waals surface area contributed by atoms with Gasteiger partial charge < -0.3 is 20.1 Å². The fourth-order valence-electron chi connectivity index (χ4n) is 2.67. The number of nitrogens with zero attached hydrogens (tertiary/aromatic N) is 1. The van der Waals surface area contributed by atoms with Crippen molar-refractivity contribution in [2.24, 2.45) is 5.92 Å². The largest absolute Gasteiger partial charge is 0.480 e. The van der Waals surface area contributed by atoms with Crippen molar-refractivity contribution < 1.29 is 19.4 Å². The average Bonchev–Trinajstić information content (AvgIpc) is 2.19. The lowest BCUT2D eigenvalue weighted by molar-refractivity contribution is -0.170. The molecule has 1 rings (SSSR count). The highest BCUT2D eigenvalue weighted by molar-refractivity contribution is 5.82. The van der Waals surface area contributed by atoms with Crippen molar-refractivity contribution in [2.75, 3.05) is 13.1 Å². The Hall–Kier alpha value is -1.30. The number of amides is 2. The third kappa shape index (κ3) is 4.37. The highest BCUT2D eigenvalue weighted by Gasteiger charge is 2.40. The summed E-state index contributed by atoms with van der Waals surface area (Å²) in [6, 6.07) is -1.23. The zero-order valence-corrected chi connectivity index (χ0v) is 13.2. The molecule has 20 heavy (non-hydrogen) atoms. The van der Waals surface area contributed by atoms with Crippen molar-refractivity contribution in [3.8, 4) is 0 Å². The van der Waals surface area contributed by atoms with Crippen LogP contribution in [0, 0.1) is 5.92 Å². The van der Waals surface area contributed by atoms with Gasteiger partial charge in [-0.1, -0.05) is 13.8 Å². The Bertz CT molecular complexity index is 375. The van der Waals surface area contributed by atoms with Crippen LogP contribution in [0.25, 0.3) is 0 Å². The molecule has 1 heterocycles. The molecule has 0 aromatic rings. The van der Waals surface area contributed by atoms with E-state index in [0.717, 1.165) is 0 Å². The van der Waals surface area contributed by atoms with E-state index < -0.39 is 23.2 Å². The molecular weight excluding hydrogens is 260 g/mol. The van der Waals surface area contributed by atoms with E-state index in [4.69, 9.17) is 9.84 Å². The summed E-state index contributed by atoms with van der Waals surface area (Å²) in [6.45, 7) is 12.1. The molecule has 1 atom stereocenters. The van der Waals surface area contributed by atoms with E-state index in [-0.39, 0.29) is 11.9 Å². The smallest absolute Gasteiger partial charge is 0.326 e. The number of urea groups is 1. The third-order valence-electron chi connectivity index (χ3n) is 3.19. The van der Waals surface area contributed by atoms with Gasteiger partial charge in [0.15, 0.2) is 0 Å². The number of nitrogens with one attached hydrogen (secondary N) is 1. The van der Waals surface area contributed by atoms with Crippen LogP contribution in [0.2, 0.25) is 0 Å². The predicted molar refractivity (Wildman–Crippen MR) is 75.6 cm³/mol. The van der Waals surface area contributed by atoms with Gasteiger partial charge in [-0.25, -0.2) is 9.59 Å². The Labute approximate surface area is 120 Å². The molecule has 0 saturated carbocycles. The molecule has 116 valence electrons. The Morgan fingerprint density at radius 3 is 1.95 bits per heavy atom. The van der Waals surface area contributed by atoms with Crippen molar-refractivity contribution in [3.63, 3.8) is 0 Å². The average molecular weight is 286 g/mol. The Morgan fingerprint density at radius 1 is 1.15 bits per heavy atom. The highest BCUT2D eigenvalue weighted by Crippen LogP contribution is 2.28. The topological polar surface area (TPSA) is 78.9 Å². The summed E-state index contributed by atoms with van der Waals surface area (Å²) in [5, 5.41) is 11.7. The van der Waals surface area contributed by atoms with Crippen LogP contribution in [0.1, 0.15) is 41.5 Å². The SMILES string of the molecule is CC(C)[C@@H](NC(=O)N1CC(C)(C)OC(C)(C)C1)C(=O)O. The first kappa shape index (κ1) is 16.8. The van der Waals surface area contributed by atoms with Crippen LogP contribution >= 0.6 is 0 Å². The number of rotatable bonds is 3. The van der Waals surface area contributed by atoms with E-state index in [2.05, 4.69) is 5.32 Å². The van der Waals surface area contributed by atoms with E-state index in [9.17, 15) is 9.59 Å². The molecule has 0 spiro atoms. The van der Waals surface area contributed by atoms with Crippen molar-refractivity contribution in [1.29, 1.82) is 0 Å². The van der Waals surface area contributed by atoms with Crippen LogP contribution < -0.4 is 5.32 Å². The molecule has 6 nitrogen and oxygen atoms in total. The summed E-state index contributed by atoms with van der Waals surface area (Å²) >= 11 is 0. The second-order valence-corrected chi connectivity index (χ2v) is 6.99. The number of morpholine rings is 1. The van der Waals surface area contributed by atoms with Gasteiger partial charge >= 0.3 is 12.0 Å². The van der Waals surface area contributed by atoms with Gasteiger partial charge in [0.25, 0.3) is 0 Å². The molecule has 0 radical (unpaired) electrons. The zero-order chi connectivity index (χ0) is 15.7. The normalized spacial score (nSPS) is 22.4. The number of hydrogen-bond acceptors (Lipinski definition) is 3. The Kier molecular flexibility index (Phi) is 4.69. The first-order valence-electron chi connectivity index (χ1n) is 6.92. The molecular formula is C14H26N2O4. The predicted octanol–water partition coefficient (Wildman–Crippen LogP) is 1.69. The van der Waals surface area contributed by atoms with Gasteiger partial charge in [0.05, 0.1) is 24.3 Å². The summed E-state index contributed by atoms with van der Waals surface area (Å²) in [7, 11) is 0. The molecule has 0 unspecified atom stereocenters. The van der Waals surface area contributed by atoms with E-state index in [1.165, 1.54) is 0 Å². The minimum atomic E-state index is -1.01. The fourth-order valence-corrected chi connectivity index (χ4v) is 2.67. The molecule has 1 aliphatic rings. The van der Waals surface area contributed by atoms with Gasteiger partial charge in [0.2, 0.25) is 0 Å². The summed E-state index contributed by atoms with van der Waals surface area (Å²) in [5.41, 5.74) is -0.898. The molecule has 6 heteroatoms. The minimum absolute atomic E-state index is 0.168. The van der Waals surface area contributed by atoms with Gasteiger partial charge in [-0.05, 0) is 33.6 Å². The van der Waals surface area contributed by atoms with Crippen LogP contribution in [0.3, 0.4) is 0 Å². The number of ether oxygens (including phenoxy) is 1. The lowest BCUT2D eigenvalue weighted by atomic mass is 9.99. The molecule has 1 aliphatic heterocycles. The first-order valence-corrected chi connectivity index (χ1v) is 6.92. The van der Waals surface area contributed by atoms with Crippen LogP contribution in [-0.2, 0) is 9.53 Å². The molecule has 0 bridgehead atoms. The fraction of sp³-hybridized carbons (Fsp3) is 0.857. The maximum absolute atomic E-state index is 12.3. The van der Waals surface area contributed by atoms with Crippen molar-refractivity contribution in [3.05, 3.63) is 0 Å². The number of carboxylic acid groups (broad SMARTS) is 1. The second-order valence-electron chi connectivity index (χ2n) is 6.99. The third-order valence-corrected chi connectivity index (χ3v) is 3.19. The lowest BCUT2D eigenvalue weighted by Gasteiger charge is -2.47. The maximum Gasteiger partial charge on any atom is 0.326 e. The number of hydrogen-bond donors (Lipinski definition) is 2. The van der Waals surface area contributed by atoms with Gasteiger partial charge in [0, 0.05) is 0 Å². The molecule has 0 aromatic heterocycles. The van der Waals surface area contributed by atoms with Crippen LogP contribution in [0.5, 0.6) is 0 Å². The molecule has 1 saturated heterocycles. The monoisotopic (exact) mass is 286 g/mol. The Morgan fingerprint density at radius 2 is 1.60 bits per heavy atom. The number of carbonyl (C=O) groups is 2. The maximum atomic E-state index is 12.3. The van der Waals surface area contributed by atoms with Crippen molar-refractivity contribution in [1.82, 2.24) is 10.2 Å². The lowest BCUT2D eigenvalue weighted by Crippen LogP contribution is -2.62. The van der Waals surface area contributed by atoms with Crippen LogP contribution in [0.4, 0.5) is 4.79 Å². The highest BCUT2D eigenvalue weighted by atomic mass is 16.5. The molecule has 2 N–H and O–H groups in total. The molecule has 1 fully saturated rings. The summed E-state index contributed by atoms with van der Waals surface area (Å²) in [4.78, 5) is 25.1. The molecule has 2 amide bonds. The first-order chi connectivity index (χ1) is 8.93. The number of carboxylic acids is 1. The summed E-state index contributed by atoms with van der Waals surface area (Å²) < 4.78 is 5.90. The zero-order valence-electron chi connectivity index (χ0n) is 13.2. The van der Waals surface area contributed by atoms with Gasteiger partial charge in [-0.2, -0.15) is 0 Å². The molecule has 0 aromatic carbocycles. The summed E-state index contributed by atoms with van der Waals surface area (Å²) in [6.07, 6.45) is 0. The van der Waals surface area contributed by atoms with Gasteiger partial charge in [0.1, 0.15) is 6.04 Å². The van der Waals surface area contributed by atoms with Gasteiger partial charge in [-0.15, -0.1) is 0 Å². The standard InChI is InChI=1S/C14H26N2O4/c1-9(2)10(11(17)18)15-12(19)16-7-13(3,4)20-14(5,6)8-16/h9-10H,7-8H2,1-6H3,(H,15,19)(H,17,18)/t10-/m1/s1. The molecule has 0 aliphatic carbocycles. The van der Waals surface area contributed by atoms with Gasteiger partial charge in [-0.3, -0.25) is 0 Å². The van der Waals surface area contributed by atoms with Crippen molar-refractivity contribution in [2.45, 2.75) is 58.8 Å². The summed E-state index contributed by atoms with van der Waals surface area (Å²) in [5.74, 6) is -1.18. The second kappa shape index (κ2) is 5.60. The Balaban J connectivity index is 2.78. The number of carbonyl (C=O) groups excluding carboxylic acids is 1. The van der Waals surface area contributed by atoms with Crippen LogP contribution in [-0.4, -0.2) is 52.3 Å². The van der Waals surface area contributed by atoms with E-state index >= 15 is 0 Å². The minimum Gasteiger partial charge on any atom is -0.480 e.